The molecule has 0 atom stereocenters. The van der Waals surface area contributed by atoms with Gasteiger partial charge in [0.05, 0.1) is 0 Å². The summed E-state index contributed by atoms with van der Waals surface area (Å²) in [6, 6.07) is 0. The van der Waals surface area contributed by atoms with Crippen molar-refractivity contribution in [2.24, 2.45) is 5.92 Å². The van der Waals surface area contributed by atoms with E-state index in [1.165, 1.54) is 0 Å². The maximum Gasteiger partial charge on any atom is 0.229 e. The molecule has 0 spiro atoms. The Bertz CT molecular complexity index is 516. The van der Waals surface area contributed by atoms with Crippen LogP contribution in [-0.4, -0.2) is 45.9 Å². The monoisotopic (exact) mass is 341 g/mol. The van der Waals surface area contributed by atoms with Crippen molar-refractivity contribution in [3.05, 3.63) is 5.82 Å². The van der Waals surface area contributed by atoms with E-state index in [0.29, 0.717) is 19.0 Å². The molecule has 0 aliphatic rings. The molecule has 2 N–H and O–H groups in total. The zero-order chi connectivity index (χ0) is 17.2. The molecule has 0 radical (unpaired) electrons. The van der Waals surface area contributed by atoms with Crippen molar-refractivity contribution in [2.45, 2.75) is 51.7 Å². The van der Waals surface area contributed by atoms with E-state index in [1.54, 1.807) is 11.8 Å². The first kappa shape index (κ1) is 19.5. The van der Waals surface area contributed by atoms with Crippen LogP contribution in [0.2, 0.25) is 0 Å². The Labute approximate surface area is 142 Å². The zero-order valence-corrected chi connectivity index (χ0v) is 15.2. The van der Waals surface area contributed by atoms with Crippen molar-refractivity contribution in [2.75, 3.05) is 19.3 Å². The molecule has 1 rings (SSSR count). The molecule has 0 fully saturated rings. The van der Waals surface area contributed by atoms with Crippen LogP contribution in [-0.2, 0) is 22.6 Å². The third-order valence-corrected chi connectivity index (χ3v) is 3.79. The fraction of sp³-hybridized carbons (Fsp3) is 0.733. The average Bonchev–Trinajstić information content (AvgIpc) is 2.85. The molecule has 1 aromatic rings. The van der Waals surface area contributed by atoms with Crippen LogP contribution in [0.3, 0.4) is 0 Å². The number of aryl methyl sites for hydroxylation is 1. The van der Waals surface area contributed by atoms with Crippen LogP contribution in [0.4, 0.5) is 0 Å². The highest BCUT2D eigenvalue weighted by Gasteiger charge is 2.13. The van der Waals surface area contributed by atoms with Crippen molar-refractivity contribution in [1.29, 1.82) is 0 Å². The molecular weight excluding hydrogens is 314 g/mol. The molecule has 130 valence electrons. The number of aromatic nitrogens is 3. The second kappa shape index (κ2) is 10.3. The molecule has 7 nitrogen and oxygen atoms in total. The van der Waals surface area contributed by atoms with Gasteiger partial charge in [0.25, 0.3) is 0 Å². The minimum Gasteiger partial charge on any atom is -0.356 e. The molecule has 0 saturated carbocycles. The van der Waals surface area contributed by atoms with Crippen LogP contribution in [0, 0.1) is 5.92 Å². The summed E-state index contributed by atoms with van der Waals surface area (Å²) in [6.07, 6.45) is 3.40. The molecule has 23 heavy (non-hydrogen) atoms. The number of hydrogen-bond acceptors (Lipinski definition) is 5. The molecular formula is C15H27N5O2S. The predicted octanol–water partition coefficient (Wildman–Crippen LogP) is 1.23. The number of thioether (sulfide) groups is 1. The Morgan fingerprint density at radius 3 is 2.52 bits per heavy atom. The summed E-state index contributed by atoms with van der Waals surface area (Å²) in [6.45, 7) is 8.11. The normalized spacial score (nSPS) is 10.8. The van der Waals surface area contributed by atoms with Crippen molar-refractivity contribution in [3.8, 4) is 0 Å². The third-order valence-electron chi connectivity index (χ3n) is 3.12. The average molecular weight is 341 g/mol. The van der Waals surface area contributed by atoms with Crippen LogP contribution < -0.4 is 10.6 Å². The number of hydrogen-bond donors (Lipinski definition) is 2. The number of amides is 2. The quantitative estimate of drug-likeness (QED) is 0.380. The fourth-order valence-electron chi connectivity index (χ4n) is 2.15. The van der Waals surface area contributed by atoms with Crippen LogP contribution in [0.5, 0.6) is 0 Å². The third kappa shape index (κ3) is 7.02. The highest BCUT2D eigenvalue weighted by atomic mass is 32.2. The summed E-state index contributed by atoms with van der Waals surface area (Å²) in [5, 5.41) is 14.7. The fourth-order valence-corrected chi connectivity index (χ4v) is 2.67. The van der Waals surface area contributed by atoms with Crippen molar-refractivity contribution in [1.82, 2.24) is 25.4 Å². The molecule has 0 saturated heterocycles. The summed E-state index contributed by atoms with van der Waals surface area (Å²) in [5.74, 6) is 0.976. The second-order valence-electron chi connectivity index (χ2n) is 5.69. The predicted molar refractivity (Wildman–Crippen MR) is 91.3 cm³/mol. The number of nitrogens with zero attached hydrogens (tertiary/aromatic N) is 3. The standard InChI is InChI=1S/C15H27N5O2S/c1-5-16-13(21)9-14(22)17-8-6-7-12-18-19-15(23-4)20(12)10-11(2)3/h11H,5-10H2,1-4H3,(H,16,21)(H,17,22). The lowest BCUT2D eigenvalue weighted by molar-refractivity contribution is -0.129. The van der Waals surface area contributed by atoms with E-state index in [0.717, 1.165) is 30.4 Å². The lowest BCUT2D eigenvalue weighted by atomic mass is 10.2. The van der Waals surface area contributed by atoms with Gasteiger partial charge in [-0.05, 0) is 25.5 Å². The Kier molecular flexibility index (Phi) is 8.68. The SMILES string of the molecule is CCNC(=O)CC(=O)NCCCc1nnc(SC)n1CC(C)C. The highest BCUT2D eigenvalue weighted by molar-refractivity contribution is 7.98. The first-order chi connectivity index (χ1) is 11.0. The Balaban J connectivity index is 2.40. The minimum absolute atomic E-state index is 0.117. The van der Waals surface area contributed by atoms with Crippen molar-refractivity contribution in [3.63, 3.8) is 0 Å². The number of carbonyl (C=O) groups is 2. The Morgan fingerprint density at radius 1 is 1.22 bits per heavy atom. The maximum absolute atomic E-state index is 11.6. The van der Waals surface area contributed by atoms with E-state index < -0.39 is 0 Å². The molecule has 1 aromatic heterocycles. The van der Waals surface area contributed by atoms with E-state index in [4.69, 9.17) is 0 Å². The minimum atomic E-state index is -0.246. The molecule has 0 bridgehead atoms. The lowest BCUT2D eigenvalue weighted by Crippen LogP contribution is -2.32. The van der Waals surface area contributed by atoms with Gasteiger partial charge in [0, 0.05) is 26.1 Å². The van der Waals surface area contributed by atoms with Gasteiger partial charge in [-0.3, -0.25) is 9.59 Å². The smallest absolute Gasteiger partial charge is 0.229 e. The van der Waals surface area contributed by atoms with Crippen LogP contribution >= 0.6 is 11.8 Å². The van der Waals surface area contributed by atoms with Crippen molar-refractivity contribution >= 4 is 23.6 Å². The second-order valence-corrected chi connectivity index (χ2v) is 6.46. The van der Waals surface area contributed by atoms with E-state index in [1.807, 2.05) is 13.2 Å². The molecule has 8 heteroatoms. The largest absolute Gasteiger partial charge is 0.356 e. The summed E-state index contributed by atoms with van der Waals surface area (Å²) in [4.78, 5) is 22.9. The molecule has 1 heterocycles. The van der Waals surface area contributed by atoms with E-state index >= 15 is 0 Å². The van der Waals surface area contributed by atoms with Gasteiger partial charge in [-0.1, -0.05) is 25.6 Å². The van der Waals surface area contributed by atoms with Crippen LogP contribution in [0.25, 0.3) is 0 Å². The van der Waals surface area contributed by atoms with Crippen LogP contribution in [0.15, 0.2) is 5.16 Å². The van der Waals surface area contributed by atoms with Gasteiger partial charge >= 0.3 is 0 Å². The number of nitrogens with one attached hydrogen (secondary N) is 2. The molecule has 0 aliphatic carbocycles. The van der Waals surface area contributed by atoms with Crippen molar-refractivity contribution < 1.29 is 9.59 Å². The molecule has 2 amide bonds. The molecule has 0 aliphatic heterocycles. The van der Waals surface area contributed by atoms with Gasteiger partial charge in [0.1, 0.15) is 12.2 Å². The summed E-state index contributed by atoms with van der Waals surface area (Å²) in [5.41, 5.74) is 0. The van der Waals surface area contributed by atoms with E-state index in [-0.39, 0.29) is 18.2 Å². The topological polar surface area (TPSA) is 88.9 Å². The summed E-state index contributed by atoms with van der Waals surface area (Å²) in [7, 11) is 0. The van der Waals surface area contributed by atoms with Gasteiger partial charge in [0.15, 0.2) is 5.16 Å². The first-order valence-corrected chi connectivity index (χ1v) is 9.19. The Hall–Kier alpha value is -1.57. The van der Waals surface area contributed by atoms with Gasteiger partial charge < -0.3 is 15.2 Å². The summed E-state index contributed by atoms with van der Waals surface area (Å²) < 4.78 is 2.14. The molecule has 0 unspecified atom stereocenters. The Morgan fingerprint density at radius 2 is 1.91 bits per heavy atom. The van der Waals surface area contributed by atoms with E-state index in [2.05, 4.69) is 39.2 Å². The van der Waals surface area contributed by atoms with Gasteiger partial charge in [-0.2, -0.15) is 0 Å². The first-order valence-electron chi connectivity index (χ1n) is 7.97. The number of carbonyl (C=O) groups excluding carboxylic acids is 2. The van der Waals surface area contributed by atoms with Crippen LogP contribution in [0.1, 0.15) is 39.4 Å². The van der Waals surface area contributed by atoms with Gasteiger partial charge in [-0.15, -0.1) is 10.2 Å². The highest BCUT2D eigenvalue weighted by Crippen LogP contribution is 2.16. The lowest BCUT2D eigenvalue weighted by Gasteiger charge is -2.11. The molecule has 0 aromatic carbocycles. The van der Waals surface area contributed by atoms with Gasteiger partial charge in [-0.25, -0.2) is 0 Å². The van der Waals surface area contributed by atoms with Gasteiger partial charge in [0.2, 0.25) is 11.8 Å². The maximum atomic E-state index is 11.6. The van der Waals surface area contributed by atoms with E-state index in [9.17, 15) is 9.59 Å². The zero-order valence-electron chi connectivity index (χ0n) is 14.4. The number of rotatable bonds is 10. The summed E-state index contributed by atoms with van der Waals surface area (Å²) >= 11 is 1.59.